The number of aromatic nitrogens is 3. The van der Waals surface area contributed by atoms with Crippen LogP contribution in [0, 0.1) is 0 Å². The van der Waals surface area contributed by atoms with Gasteiger partial charge in [0.15, 0.2) is 12.3 Å². The van der Waals surface area contributed by atoms with E-state index in [1.54, 1.807) is 20.4 Å². The first-order valence-corrected chi connectivity index (χ1v) is 12.9. The zero-order valence-corrected chi connectivity index (χ0v) is 22.3. The van der Waals surface area contributed by atoms with Gasteiger partial charge in [0.05, 0.1) is 22.8 Å². The van der Waals surface area contributed by atoms with E-state index in [0.717, 1.165) is 58.5 Å². The van der Waals surface area contributed by atoms with E-state index in [0.29, 0.717) is 17.2 Å². The molecule has 4 N–H and O–H groups in total. The molecule has 37 heavy (non-hydrogen) atoms. The van der Waals surface area contributed by atoms with Gasteiger partial charge >= 0.3 is 0 Å². The van der Waals surface area contributed by atoms with Gasteiger partial charge in [-0.05, 0) is 64.8 Å². The molecule has 0 spiro atoms. The predicted octanol–water partition coefficient (Wildman–Crippen LogP) is 3.91. The summed E-state index contributed by atoms with van der Waals surface area (Å²) in [5.41, 5.74) is 4.22. The number of aromatic amines is 1. The fourth-order valence-electron chi connectivity index (χ4n) is 4.65. The highest BCUT2D eigenvalue weighted by Crippen LogP contribution is 2.36. The Morgan fingerprint density at radius 2 is 2.00 bits per heavy atom. The summed E-state index contributed by atoms with van der Waals surface area (Å²) < 4.78 is 12.0. The number of carbonyl (C=O) groups is 1. The number of anilines is 1. The number of pyridine rings is 1. The number of benzene rings is 2. The molecule has 0 saturated carbocycles. The highest BCUT2D eigenvalue weighted by Gasteiger charge is 2.36. The lowest BCUT2D eigenvalue weighted by atomic mass is 9.89. The third-order valence-electron chi connectivity index (χ3n) is 6.61. The van der Waals surface area contributed by atoms with Gasteiger partial charge in [-0.25, -0.2) is 9.97 Å². The van der Waals surface area contributed by atoms with E-state index >= 15 is 0 Å². The average molecular weight is 565 g/mol. The molecule has 10 heteroatoms. The van der Waals surface area contributed by atoms with Crippen LogP contribution >= 0.6 is 15.9 Å². The van der Waals surface area contributed by atoms with E-state index in [1.807, 2.05) is 42.5 Å². The molecule has 5 rings (SSSR count). The number of carbonyl (C=O) groups excluding carboxylic acids is 1. The quantitative estimate of drug-likeness (QED) is 0.244. The fraction of sp³-hybridized carbons (Fsp3) is 0.296. The number of likely N-dealkylation sites (N-methyl/N-ethyl adjacent to an activating group) is 1. The van der Waals surface area contributed by atoms with Crippen molar-refractivity contribution in [2.24, 2.45) is 0 Å². The fourth-order valence-corrected chi connectivity index (χ4v) is 5.05. The van der Waals surface area contributed by atoms with Gasteiger partial charge in [-0.1, -0.05) is 18.2 Å². The second kappa shape index (κ2) is 10.8. The van der Waals surface area contributed by atoms with Gasteiger partial charge in [-0.2, -0.15) is 0 Å². The van der Waals surface area contributed by atoms with Crippen molar-refractivity contribution >= 4 is 38.7 Å². The molecule has 1 aliphatic heterocycles. The molecule has 0 bridgehead atoms. The highest BCUT2D eigenvalue weighted by molar-refractivity contribution is 9.10. The Morgan fingerprint density at radius 3 is 2.73 bits per heavy atom. The van der Waals surface area contributed by atoms with Crippen molar-refractivity contribution in [3.05, 3.63) is 64.8 Å². The Bertz CT molecular complexity index is 1400. The molecule has 0 radical (unpaired) electrons. The summed E-state index contributed by atoms with van der Waals surface area (Å²) in [6.45, 7) is 1.72. The van der Waals surface area contributed by atoms with Crippen LogP contribution in [0.5, 0.6) is 11.5 Å². The SMILES string of the molecule is CNC(=O)COc1ccc(-c2nc3ncc(Br)c(N[C@@]4(Cc5ccccc5OC)CCNC4)c3[nH]2)cc1. The zero-order chi connectivity index (χ0) is 25.8. The first-order valence-electron chi connectivity index (χ1n) is 12.1. The molecule has 1 fully saturated rings. The van der Waals surface area contributed by atoms with Gasteiger partial charge in [0.2, 0.25) is 0 Å². The third-order valence-corrected chi connectivity index (χ3v) is 7.21. The van der Waals surface area contributed by atoms with E-state index in [1.165, 1.54) is 0 Å². The summed E-state index contributed by atoms with van der Waals surface area (Å²) in [6.07, 6.45) is 3.54. The molecule has 2 aromatic carbocycles. The highest BCUT2D eigenvalue weighted by atomic mass is 79.9. The topological polar surface area (TPSA) is 113 Å². The van der Waals surface area contributed by atoms with E-state index in [9.17, 15) is 4.79 Å². The van der Waals surface area contributed by atoms with Crippen molar-refractivity contribution < 1.29 is 14.3 Å². The van der Waals surface area contributed by atoms with Crippen LogP contribution in [-0.4, -0.2) is 60.3 Å². The monoisotopic (exact) mass is 564 g/mol. The molecule has 2 aromatic heterocycles. The summed E-state index contributed by atoms with van der Waals surface area (Å²) >= 11 is 3.71. The van der Waals surface area contributed by atoms with Crippen molar-refractivity contribution in [2.45, 2.75) is 18.4 Å². The van der Waals surface area contributed by atoms with Crippen molar-refractivity contribution in [3.8, 4) is 22.9 Å². The number of imidazole rings is 1. The maximum atomic E-state index is 11.4. The second-order valence-electron chi connectivity index (χ2n) is 9.07. The number of nitrogens with one attached hydrogen (secondary N) is 4. The van der Waals surface area contributed by atoms with Gasteiger partial charge in [0.25, 0.3) is 5.91 Å². The standard InChI is InChI=1S/C27H29BrN6O3/c1-29-22(35)15-37-19-9-7-17(8-10-19)25-32-24-23(20(28)14-31-26(24)33-25)34-27(11-12-30-16-27)13-18-5-3-4-6-21(18)36-2/h3-10,14,30H,11-13,15-16H2,1-2H3,(H,29,35)(H2,31,32,33,34)/t27-/m1/s1. The van der Waals surface area contributed by atoms with E-state index in [-0.39, 0.29) is 18.1 Å². The minimum absolute atomic E-state index is 0.0288. The molecule has 3 heterocycles. The van der Waals surface area contributed by atoms with Gasteiger partial charge in [-0.15, -0.1) is 0 Å². The van der Waals surface area contributed by atoms with E-state index < -0.39 is 0 Å². The molecular formula is C27H29BrN6O3. The number of nitrogens with zero attached hydrogens (tertiary/aromatic N) is 2. The van der Waals surface area contributed by atoms with Crippen LogP contribution in [0.25, 0.3) is 22.6 Å². The lowest BCUT2D eigenvalue weighted by Gasteiger charge is -2.32. The summed E-state index contributed by atoms with van der Waals surface area (Å²) in [5.74, 6) is 2.02. The van der Waals surface area contributed by atoms with E-state index in [4.69, 9.17) is 14.5 Å². The molecule has 1 saturated heterocycles. The Balaban J connectivity index is 1.44. The molecule has 1 atom stereocenters. The number of methoxy groups -OCH3 is 1. The first-order chi connectivity index (χ1) is 18.0. The van der Waals surface area contributed by atoms with Crippen LogP contribution in [-0.2, 0) is 11.2 Å². The van der Waals surface area contributed by atoms with Gasteiger partial charge in [-0.3, -0.25) is 4.79 Å². The maximum absolute atomic E-state index is 11.4. The second-order valence-corrected chi connectivity index (χ2v) is 9.93. The van der Waals surface area contributed by atoms with Crippen LogP contribution in [0.2, 0.25) is 0 Å². The van der Waals surface area contributed by atoms with Crippen LogP contribution < -0.4 is 25.4 Å². The molecular weight excluding hydrogens is 536 g/mol. The van der Waals surface area contributed by atoms with Crippen molar-refractivity contribution in [3.63, 3.8) is 0 Å². The number of hydrogen-bond donors (Lipinski definition) is 4. The number of amides is 1. The molecule has 4 aromatic rings. The molecule has 1 amide bonds. The normalized spacial score (nSPS) is 17.1. The maximum Gasteiger partial charge on any atom is 0.257 e. The lowest BCUT2D eigenvalue weighted by Crippen LogP contribution is -2.43. The minimum Gasteiger partial charge on any atom is -0.496 e. The number of para-hydroxylation sites is 1. The minimum atomic E-state index is -0.208. The van der Waals surface area contributed by atoms with Crippen molar-refractivity contribution in [2.75, 3.05) is 39.2 Å². The van der Waals surface area contributed by atoms with Gasteiger partial charge in [0.1, 0.15) is 22.8 Å². The molecule has 0 unspecified atom stereocenters. The number of hydrogen-bond acceptors (Lipinski definition) is 7. The Labute approximate surface area is 223 Å². The molecule has 9 nitrogen and oxygen atoms in total. The van der Waals surface area contributed by atoms with Crippen LogP contribution in [0.1, 0.15) is 12.0 Å². The molecule has 1 aliphatic rings. The van der Waals surface area contributed by atoms with Crippen LogP contribution in [0.3, 0.4) is 0 Å². The predicted molar refractivity (Wildman–Crippen MR) is 147 cm³/mol. The van der Waals surface area contributed by atoms with Gasteiger partial charge < -0.3 is 30.4 Å². The summed E-state index contributed by atoms with van der Waals surface area (Å²) in [4.78, 5) is 24.2. The lowest BCUT2D eigenvalue weighted by molar-refractivity contribution is -0.122. The zero-order valence-electron chi connectivity index (χ0n) is 20.7. The van der Waals surface area contributed by atoms with Gasteiger partial charge in [0, 0.05) is 31.8 Å². The third kappa shape index (κ3) is 5.40. The number of fused-ring (bicyclic) bond motifs is 1. The van der Waals surface area contributed by atoms with Crippen LogP contribution in [0.15, 0.2) is 59.2 Å². The number of H-pyrrole nitrogens is 1. The number of ether oxygens (including phenoxy) is 2. The Hall–Kier alpha value is -3.63. The number of rotatable bonds is 9. The summed E-state index contributed by atoms with van der Waals surface area (Å²) in [7, 11) is 3.29. The summed E-state index contributed by atoms with van der Waals surface area (Å²) in [5, 5.41) is 9.90. The Kier molecular flexibility index (Phi) is 7.29. The number of halogens is 1. The molecule has 0 aliphatic carbocycles. The van der Waals surface area contributed by atoms with Crippen molar-refractivity contribution in [1.29, 1.82) is 0 Å². The average Bonchev–Trinajstić information content (AvgIpc) is 3.57. The Morgan fingerprint density at radius 1 is 1.19 bits per heavy atom. The largest absolute Gasteiger partial charge is 0.496 e. The van der Waals surface area contributed by atoms with E-state index in [2.05, 4.69) is 47.9 Å². The molecule has 192 valence electrons. The van der Waals surface area contributed by atoms with Crippen LogP contribution in [0.4, 0.5) is 5.69 Å². The van der Waals surface area contributed by atoms with Crippen molar-refractivity contribution in [1.82, 2.24) is 25.6 Å². The summed E-state index contributed by atoms with van der Waals surface area (Å²) in [6, 6.07) is 15.6. The first kappa shape index (κ1) is 25.0. The smallest absolute Gasteiger partial charge is 0.257 e.